The van der Waals surface area contributed by atoms with Gasteiger partial charge in [-0.05, 0) is 35.6 Å². The molecule has 0 aliphatic carbocycles. The Labute approximate surface area is 113 Å². The second-order valence-electron chi connectivity index (χ2n) is 4.58. The normalized spacial score (nSPS) is 18.8. The quantitative estimate of drug-likeness (QED) is 0.799. The first kappa shape index (κ1) is 12.5. The van der Waals surface area contributed by atoms with Crippen LogP contribution in [0.3, 0.4) is 0 Å². The number of hydrogen-bond donors (Lipinski definition) is 1. The Kier molecular flexibility index (Phi) is 3.01. The van der Waals surface area contributed by atoms with E-state index in [1.54, 1.807) is 17.4 Å². The van der Waals surface area contributed by atoms with E-state index in [0.717, 1.165) is 12.0 Å². The summed E-state index contributed by atoms with van der Waals surface area (Å²) in [5.41, 5.74) is 0.978. The molecule has 1 aliphatic heterocycles. The predicted molar refractivity (Wildman–Crippen MR) is 70.7 cm³/mol. The second-order valence-corrected chi connectivity index (χ2v) is 5.56. The summed E-state index contributed by atoms with van der Waals surface area (Å²) in [7, 11) is 0. The second kappa shape index (κ2) is 4.56. The SMILES string of the molecule is FC(F)(F)c1ccc2c(c1)NCCC2c1cccs1. The standard InChI is InChI=1S/C14H12F3NS/c15-14(16,17)9-3-4-10-11(13-2-1-7-19-13)5-6-18-12(10)8-9/h1-4,7-8,11,18H,5-6H2. The van der Waals surface area contributed by atoms with Gasteiger partial charge in [0.25, 0.3) is 0 Å². The Bertz CT molecular complexity index is 575. The molecule has 1 unspecified atom stereocenters. The lowest BCUT2D eigenvalue weighted by molar-refractivity contribution is -0.137. The first-order chi connectivity index (χ1) is 9.05. The van der Waals surface area contributed by atoms with E-state index in [9.17, 15) is 13.2 Å². The van der Waals surface area contributed by atoms with Gasteiger partial charge in [-0.2, -0.15) is 13.2 Å². The lowest BCUT2D eigenvalue weighted by atomic mass is 9.89. The fourth-order valence-electron chi connectivity index (χ4n) is 2.48. The van der Waals surface area contributed by atoms with Crippen molar-refractivity contribution in [1.82, 2.24) is 0 Å². The maximum atomic E-state index is 12.7. The van der Waals surface area contributed by atoms with Crippen molar-refractivity contribution in [1.29, 1.82) is 0 Å². The number of fused-ring (bicyclic) bond motifs is 1. The fourth-order valence-corrected chi connectivity index (χ4v) is 3.36. The average molecular weight is 283 g/mol. The molecule has 3 rings (SSSR count). The Morgan fingerprint density at radius 3 is 2.74 bits per heavy atom. The molecule has 1 aliphatic rings. The predicted octanol–water partition coefficient (Wildman–Crippen LogP) is 4.71. The smallest absolute Gasteiger partial charge is 0.385 e. The van der Waals surface area contributed by atoms with E-state index in [2.05, 4.69) is 5.32 Å². The van der Waals surface area contributed by atoms with Crippen molar-refractivity contribution in [3.8, 4) is 0 Å². The summed E-state index contributed by atoms with van der Waals surface area (Å²) in [6.07, 6.45) is -3.37. The Morgan fingerprint density at radius 2 is 2.05 bits per heavy atom. The minimum Gasteiger partial charge on any atom is -0.385 e. The van der Waals surface area contributed by atoms with Crippen LogP contribution in [-0.4, -0.2) is 6.54 Å². The molecular formula is C14H12F3NS. The van der Waals surface area contributed by atoms with Crippen molar-refractivity contribution in [3.05, 3.63) is 51.7 Å². The summed E-state index contributed by atoms with van der Waals surface area (Å²) >= 11 is 1.65. The van der Waals surface area contributed by atoms with Gasteiger partial charge in [-0.1, -0.05) is 12.1 Å². The van der Waals surface area contributed by atoms with Crippen LogP contribution < -0.4 is 5.32 Å². The van der Waals surface area contributed by atoms with E-state index in [1.165, 1.54) is 17.0 Å². The third kappa shape index (κ3) is 2.34. The Hall–Kier alpha value is -1.49. The average Bonchev–Trinajstić information content (AvgIpc) is 2.90. The van der Waals surface area contributed by atoms with Gasteiger partial charge in [0.05, 0.1) is 5.56 Å². The van der Waals surface area contributed by atoms with E-state index in [-0.39, 0.29) is 5.92 Å². The Morgan fingerprint density at radius 1 is 1.21 bits per heavy atom. The largest absolute Gasteiger partial charge is 0.416 e. The van der Waals surface area contributed by atoms with Crippen molar-refractivity contribution in [3.63, 3.8) is 0 Å². The maximum absolute atomic E-state index is 12.7. The fraction of sp³-hybridized carbons (Fsp3) is 0.286. The molecule has 0 spiro atoms. The molecule has 19 heavy (non-hydrogen) atoms. The van der Waals surface area contributed by atoms with Crippen LogP contribution in [0, 0.1) is 0 Å². The number of rotatable bonds is 1. The molecule has 2 heterocycles. The number of alkyl halides is 3. The van der Waals surface area contributed by atoms with Crippen molar-refractivity contribution in [2.24, 2.45) is 0 Å². The van der Waals surface area contributed by atoms with Gasteiger partial charge in [0.2, 0.25) is 0 Å². The third-order valence-corrected chi connectivity index (χ3v) is 4.38. The van der Waals surface area contributed by atoms with Gasteiger partial charge in [-0.3, -0.25) is 0 Å². The van der Waals surface area contributed by atoms with Crippen LogP contribution in [0.25, 0.3) is 0 Å². The summed E-state index contributed by atoms with van der Waals surface area (Å²) < 4.78 is 38.1. The van der Waals surface area contributed by atoms with Crippen molar-refractivity contribution >= 4 is 17.0 Å². The number of benzene rings is 1. The van der Waals surface area contributed by atoms with Gasteiger partial charge in [0.1, 0.15) is 0 Å². The zero-order valence-corrected chi connectivity index (χ0v) is 10.8. The van der Waals surface area contributed by atoms with Crippen LogP contribution in [0.5, 0.6) is 0 Å². The highest BCUT2D eigenvalue weighted by Gasteiger charge is 2.32. The third-order valence-electron chi connectivity index (χ3n) is 3.39. The molecule has 1 nitrogen and oxygen atoms in total. The molecule has 100 valence electrons. The van der Waals surface area contributed by atoms with E-state index in [1.807, 2.05) is 17.5 Å². The van der Waals surface area contributed by atoms with E-state index in [0.29, 0.717) is 12.2 Å². The van der Waals surface area contributed by atoms with Crippen LogP contribution in [0.1, 0.15) is 28.3 Å². The first-order valence-corrected chi connectivity index (χ1v) is 6.92. The minimum atomic E-state index is -4.29. The van der Waals surface area contributed by atoms with Crippen LogP contribution in [0.4, 0.5) is 18.9 Å². The highest BCUT2D eigenvalue weighted by Crippen LogP contribution is 2.41. The summed E-state index contributed by atoms with van der Waals surface area (Å²) in [5, 5.41) is 5.07. The maximum Gasteiger partial charge on any atom is 0.416 e. The molecule has 1 atom stereocenters. The monoisotopic (exact) mass is 283 g/mol. The lowest BCUT2D eigenvalue weighted by Gasteiger charge is -2.27. The molecule has 2 aromatic rings. The lowest BCUT2D eigenvalue weighted by Crippen LogP contribution is -2.18. The van der Waals surface area contributed by atoms with E-state index >= 15 is 0 Å². The molecule has 0 bridgehead atoms. The summed E-state index contributed by atoms with van der Waals surface area (Å²) in [6, 6.07) is 8.02. The van der Waals surface area contributed by atoms with Gasteiger partial charge in [0.15, 0.2) is 0 Å². The van der Waals surface area contributed by atoms with Crippen LogP contribution in [0.2, 0.25) is 0 Å². The molecule has 1 N–H and O–H groups in total. The van der Waals surface area contributed by atoms with Gasteiger partial charge in [-0.25, -0.2) is 0 Å². The number of hydrogen-bond acceptors (Lipinski definition) is 2. The molecule has 0 amide bonds. The summed E-state index contributed by atoms with van der Waals surface area (Å²) in [4.78, 5) is 1.21. The molecule has 0 fully saturated rings. The van der Waals surface area contributed by atoms with Crippen LogP contribution >= 0.6 is 11.3 Å². The molecule has 5 heteroatoms. The number of anilines is 1. The topological polar surface area (TPSA) is 12.0 Å². The van der Waals surface area contributed by atoms with Gasteiger partial charge in [-0.15, -0.1) is 11.3 Å². The zero-order chi connectivity index (χ0) is 13.5. The summed E-state index contributed by atoms with van der Waals surface area (Å²) in [6.45, 7) is 0.705. The zero-order valence-electron chi connectivity index (χ0n) is 10.00. The van der Waals surface area contributed by atoms with Gasteiger partial charge >= 0.3 is 6.18 Å². The van der Waals surface area contributed by atoms with Gasteiger partial charge in [0, 0.05) is 23.0 Å². The number of nitrogens with one attached hydrogen (secondary N) is 1. The highest BCUT2D eigenvalue weighted by atomic mass is 32.1. The highest BCUT2D eigenvalue weighted by molar-refractivity contribution is 7.10. The molecule has 0 saturated carbocycles. The van der Waals surface area contributed by atoms with Crippen LogP contribution in [0.15, 0.2) is 35.7 Å². The van der Waals surface area contributed by atoms with Crippen LogP contribution in [-0.2, 0) is 6.18 Å². The minimum absolute atomic E-state index is 0.207. The molecular weight excluding hydrogens is 271 g/mol. The van der Waals surface area contributed by atoms with Crippen molar-refractivity contribution in [2.75, 3.05) is 11.9 Å². The number of halogens is 3. The van der Waals surface area contributed by atoms with Crippen molar-refractivity contribution in [2.45, 2.75) is 18.5 Å². The first-order valence-electron chi connectivity index (χ1n) is 6.04. The Balaban J connectivity index is 2.02. The van der Waals surface area contributed by atoms with E-state index < -0.39 is 11.7 Å². The summed E-state index contributed by atoms with van der Waals surface area (Å²) in [5.74, 6) is 0.207. The number of thiophene rings is 1. The molecule has 1 aromatic heterocycles. The molecule has 0 radical (unpaired) electrons. The molecule has 1 aromatic carbocycles. The molecule has 0 saturated heterocycles. The van der Waals surface area contributed by atoms with Gasteiger partial charge < -0.3 is 5.32 Å². The van der Waals surface area contributed by atoms with Crippen molar-refractivity contribution < 1.29 is 13.2 Å². The van der Waals surface area contributed by atoms with E-state index in [4.69, 9.17) is 0 Å².